The molecule has 0 aromatic carbocycles. The predicted octanol–water partition coefficient (Wildman–Crippen LogP) is 0.947. The van der Waals surface area contributed by atoms with Crippen molar-refractivity contribution in [3.63, 3.8) is 0 Å². The molecule has 1 rings (SSSR count). The fourth-order valence-corrected chi connectivity index (χ4v) is 3.33. The van der Waals surface area contributed by atoms with Gasteiger partial charge in [0.05, 0.1) is 12.5 Å². The van der Waals surface area contributed by atoms with Gasteiger partial charge in [-0.1, -0.05) is 6.92 Å². The Morgan fingerprint density at radius 1 is 1.26 bits per heavy atom. The SMILES string of the molecule is CCOC(=O)C(C)CS(=O)CC(=O)N1CCCCC1. The minimum atomic E-state index is -1.30. The molecule has 0 radical (unpaired) electrons. The summed E-state index contributed by atoms with van der Waals surface area (Å²) in [4.78, 5) is 25.1. The normalized spacial score (nSPS) is 18.7. The summed E-state index contributed by atoms with van der Waals surface area (Å²) >= 11 is 0. The Hall–Kier alpha value is -0.910. The first-order chi connectivity index (χ1) is 9.04. The number of rotatable bonds is 6. The summed E-state index contributed by atoms with van der Waals surface area (Å²) in [7, 11) is -1.30. The third kappa shape index (κ3) is 5.72. The molecule has 1 heterocycles. The van der Waals surface area contributed by atoms with E-state index in [-0.39, 0.29) is 23.4 Å². The Kier molecular flexibility index (Phi) is 7.05. The van der Waals surface area contributed by atoms with E-state index in [1.807, 2.05) is 0 Å². The number of hydrogen-bond donors (Lipinski definition) is 0. The van der Waals surface area contributed by atoms with Gasteiger partial charge in [-0.2, -0.15) is 0 Å². The second-order valence-electron chi connectivity index (χ2n) is 4.85. The Bertz CT molecular complexity index is 340. The van der Waals surface area contributed by atoms with Crippen LogP contribution in [-0.2, 0) is 25.1 Å². The Balaban J connectivity index is 2.33. The van der Waals surface area contributed by atoms with Gasteiger partial charge in [0.15, 0.2) is 0 Å². The van der Waals surface area contributed by atoms with E-state index in [1.54, 1.807) is 18.7 Å². The number of amides is 1. The topological polar surface area (TPSA) is 63.7 Å². The fraction of sp³-hybridized carbons (Fsp3) is 0.846. The van der Waals surface area contributed by atoms with Gasteiger partial charge in [0.2, 0.25) is 5.91 Å². The van der Waals surface area contributed by atoms with Crippen molar-refractivity contribution in [2.75, 3.05) is 31.2 Å². The van der Waals surface area contributed by atoms with Crippen LogP contribution >= 0.6 is 0 Å². The van der Waals surface area contributed by atoms with Gasteiger partial charge in [-0.05, 0) is 26.2 Å². The lowest BCUT2D eigenvalue weighted by Crippen LogP contribution is -2.39. The standard InChI is InChI=1S/C13H23NO4S/c1-3-18-13(16)11(2)9-19(17)10-12(15)14-7-5-4-6-8-14/h11H,3-10H2,1-2H3. The van der Waals surface area contributed by atoms with Crippen molar-refractivity contribution in [1.29, 1.82) is 0 Å². The predicted molar refractivity (Wildman–Crippen MR) is 74.1 cm³/mol. The molecule has 0 saturated carbocycles. The first kappa shape index (κ1) is 16.1. The third-order valence-electron chi connectivity index (χ3n) is 3.12. The Labute approximate surface area is 117 Å². The summed E-state index contributed by atoms with van der Waals surface area (Å²) in [5.41, 5.74) is 0. The second kappa shape index (κ2) is 8.30. The zero-order valence-corrected chi connectivity index (χ0v) is 12.5. The number of nitrogens with zero attached hydrogens (tertiary/aromatic N) is 1. The lowest BCUT2D eigenvalue weighted by atomic mass is 10.1. The van der Waals surface area contributed by atoms with Gasteiger partial charge < -0.3 is 9.64 Å². The van der Waals surface area contributed by atoms with Gasteiger partial charge in [-0.25, -0.2) is 0 Å². The highest BCUT2D eigenvalue weighted by atomic mass is 32.2. The first-order valence-electron chi connectivity index (χ1n) is 6.84. The summed E-state index contributed by atoms with van der Waals surface area (Å²) < 4.78 is 16.7. The molecule has 1 aliphatic heterocycles. The van der Waals surface area contributed by atoms with Gasteiger partial charge in [0, 0.05) is 29.6 Å². The molecule has 19 heavy (non-hydrogen) atoms. The van der Waals surface area contributed by atoms with E-state index < -0.39 is 16.7 Å². The highest BCUT2D eigenvalue weighted by Gasteiger charge is 2.22. The maximum Gasteiger partial charge on any atom is 0.309 e. The molecule has 0 aliphatic carbocycles. The average molecular weight is 289 g/mol. The molecule has 1 saturated heterocycles. The molecule has 110 valence electrons. The van der Waals surface area contributed by atoms with Gasteiger partial charge in [0.1, 0.15) is 5.75 Å². The van der Waals surface area contributed by atoms with Crippen molar-refractivity contribution in [3.8, 4) is 0 Å². The van der Waals surface area contributed by atoms with Crippen LogP contribution in [0.5, 0.6) is 0 Å². The van der Waals surface area contributed by atoms with Crippen LogP contribution in [0.2, 0.25) is 0 Å². The van der Waals surface area contributed by atoms with Crippen LogP contribution in [-0.4, -0.2) is 52.2 Å². The van der Waals surface area contributed by atoms with E-state index in [1.165, 1.54) is 0 Å². The molecular weight excluding hydrogens is 266 g/mol. The summed E-state index contributed by atoms with van der Waals surface area (Å²) in [6, 6.07) is 0. The van der Waals surface area contributed by atoms with Crippen LogP contribution in [0.25, 0.3) is 0 Å². The second-order valence-corrected chi connectivity index (χ2v) is 6.35. The molecule has 1 fully saturated rings. The van der Waals surface area contributed by atoms with E-state index in [0.717, 1.165) is 32.4 Å². The summed E-state index contributed by atoms with van der Waals surface area (Å²) in [5, 5.41) is 0. The van der Waals surface area contributed by atoms with Crippen molar-refractivity contribution >= 4 is 22.7 Å². The summed E-state index contributed by atoms with van der Waals surface area (Å²) in [6.07, 6.45) is 3.21. The third-order valence-corrected chi connectivity index (χ3v) is 4.56. The molecule has 2 atom stereocenters. The zero-order chi connectivity index (χ0) is 14.3. The van der Waals surface area contributed by atoms with Crippen molar-refractivity contribution in [2.45, 2.75) is 33.1 Å². The number of piperidine rings is 1. The molecule has 1 aliphatic rings. The van der Waals surface area contributed by atoms with Crippen LogP contribution in [0.15, 0.2) is 0 Å². The summed E-state index contributed by atoms with van der Waals surface area (Å²) in [6.45, 7) is 5.28. The van der Waals surface area contributed by atoms with Crippen LogP contribution in [0.1, 0.15) is 33.1 Å². The van der Waals surface area contributed by atoms with E-state index in [0.29, 0.717) is 6.61 Å². The number of likely N-dealkylation sites (tertiary alicyclic amines) is 1. The van der Waals surface area contributed by atoms with Gasteiger partial charge in [0.25, 0.3) is 0 Å². The highest BCUT2D eigenvalue weighted by molar-refractivity contribution is 7.85. The lowest BCUT2D eigenvalue weighted by Gasteiger charge is -2.26. The number of carbonyl (C=O) groups excluding carboxylic acids is 2. The van der Waals surface area contributed by atoms with Crippen LogP contribution in [0.4, 0.5) is 0 Å². The average Bonchev–Trinajstić information content (AvgIpc) is 2.39. The van der Waals surface area contributed by atoms with Crippen molar-refractivity contribution < 1.29 is 18.5 Å². The fourth-order valence-electron chi connectivity index (χ4n) is 2.06. The Morgan fingerprint density at radius 2 is 1.89 bits per heavy atom. The molecule has 0 spiro atoms. The maximum absolute atomic E-state index is 11.9. The quantitative estimate of drug-likeness (QED) is 0.683. The van der Waals surface area contributed by atoms with E-state index >= 15 is 0 Å². The van der Waals surface area contributed by atoms with Crippen molar-refractivity contribution in [2.24, 2.45) is 5.92 Å². The van der Waals surface area contributed by atoms with Gasteiger partial charge >= 0.3 is 5.97 Å². The molecular formula is C13H23NO4S. The molecule has 1 amide bonds. The van der Waals surface area contributed by atoms with Gasteiger partial charge in [-0.3, -0.25) is 13.8 Å². The largest absolute Gasteiger partial charge is 0.466 e. The molecule has 0 aromatic heterocycles. The molecule has 0 aromatic rings. The molecule has 2 unspecified atom stereocenters. The highest BCUT2D eigenvalue weighted by Crippen LogP contribution is 2.10. The lowest BCUT2D eigenvalue weighted by molar-refractivity contribution is -0.146. The van der Waals surface area contributed by atoms with Crippen LogP contribution in [0.3, 0.4) is 0 Å². The molecule has 0 N–H and O–H groups in total. The Morgan fingerprint density at radius 3 is 2.47 bits per heavy atom. The van der Waals surface area contributed by atoms with Crippen LogP contribution in [0, 0.1) is 5.92 Å². The molecule has 6 heteroatoms. The first-order valence-corrected chi connectivity index (χ1v) is 8.32. The number of carbonyl (C=O) groups is 2. The van der Waals surface area contributed by atoms with Crippen LogP contribution < -0.4 is 0 Å². The smallest absolute Gasteiger partial charge is 0.309 e. The number of ether oxygens (including phenoxy) is 1. The van der Waals surface area contributed by atoms with E-state index in [2.05, 4.69) is 0 Å². The number of hydrogen-bond acceptors (Lipinski definition) is 4. The van der Waals surface area contributed by atoms with E-state index in [4.69, 9.17) is 4.74 Å². The summed E-state index contributed by atoms with van der Waals surface area (Å²) in [5.74, 6) is -0.618. The minimum Gasteiger partial charge on any atom is -0.466 e. The number of esters is 1. The maximum atomic E-state index is 11.9. The monoisotopic (exact) mass is 289 g/mol. The zero-order valence-electron chi connectivity index (χ0n) is 11.7. The minimum absolute atomic E-state index is 0.0176. The molecule has 5 nitrogen and oxygen atoms in total. The van der Waals surface area contributed by atoms with Crippen molar-refractivity contribution in [1.82, 2.24) is 4.90 Å². The van der Waals surface area contributed by atoms with Crippen molar-refractivity contribution in [3.05, 3.63) is 0 Å². The van der Waals surface area contributed by atoms with E-state index in [9.17, 15) is 13.8 Å². The van der Waals surface area contributed by atoms with Gasteiger partial charge in [-0.15, -0.1) is 0 Å². The molecule has 0 bridgehead atoms.